The van der Waals surface area contributed by atoms with E-state index in [4.69, 9.17) is 0 Å². The molecule has 0 aromatic rings. The van der Waals surface area contributed by atoms with Crippen LogP contribution >= 0.6 is 0 Å². The lowest BCUT2D eigenvalue weighted by atomic mass is 9.91. The van der Waals surface area contributed by atoms with Crippen LogP contribution in [0.2, 0.25) is 0 Å². The number of carbonyl (C=O) groups is 1. The molecule has 1 heterocycles. The Labute approximate surface area is 90.6 Å². The van der Waals surface area contributed by atoms with Crippen molar-refractivity contribution in [3.05, 3.63) is 0 Å². The minimum atomic E-state index is -0.679. The summed E-state index contributed by atoms with van der Waals surface area (Å²) in [5, 5.41) is 12.5. The number of piperidine rings is 1. The summed E-state index contributed by atoms with van der Waals surface area (Å²) in [5.74, 6) is -0.399. The van der Waals surface area contributed by atoms with Gasteiger partial charge in [-0.15, -0.1) is 0 Å². The van der Waals surface area contributed by atoms with Crippen molar-refractivity contribution in [3.8, 4) is 0 Å². The summed E-state index contributed by atoms with van der Waals surface area (Å²) in [4.78, 5) is 13.4. The minimum absolute atomic E-state index is 0.279. The fraction of sp³-hybridized carbons (Fsp3) is 0.909. The third-order valence-corrected chi connectivity index (χ3v) is 3.39. The molecule has 2 fully saturated rings. The van der Waals surface area contributed by atoms with Crippen molar-refractivity contribution in [2.24, 2.45) is 5.92 Å². The molecule has 2 rings (SSSR count). The van der Waals surface area contributed by atoms with Crippen LogP contribution in [0.5, 0.6) is 0 Å². The molecule has 0 amide bonds. The normalized spacial score (nSPS) is 30.1. The second kappa shape index (κ2) is 4.49. The van der Waals surface area contributed by atoms with Gasteiger partial charge in [0.2, 0.25) is 0 Å². The van der Waals surface area contributed by atoms with Crippen molar-refractivity contribution in [3.63, 3.8) is 0 Å². The second-order valence-electron chi connectivity index (χ2n) is 4.92. The van der Waals surface area contributed by atoms with Crippen LogP contribution in [0.4, 0.5) is 0 Å². The van der Waals surface area contributed by atoms with Gasteiger partial charge in [-0.1, -0.05) is 0 Å². The van der Waals surface area contributed by atoms with Crippen LogP contribution < -0.4 is 5.32 Å². The average molecular weight is 212 g/mol. The molecule has 1 aliphatic carbocycles. The minimum Gasteiger partial charge on any atom is -0.480 e. The first-order chi connectivity index (χ1) is 7.16. The van der Waals surface area contributed by atoms with Crippen molar-refractivity contribution >= 4 is 5.97 Å². The predicted octanol–water partition coefficient (Wildman–Crippen LogP) is 0.533. The third-order valence-electron chi connectivity index (χ3n) is 3.39. The van der Waals surface area contributed by atoms with Gasteiger partial charge in [0.15, 0.2) is 0 Å². The number of carboxylic acid groups (broad SMARTS) is 1. The van der Waals surface area contributed by atoms with E-state index in [2.05, 4.69) is 17.3 Å². The number of rotatable bonds is 4. The number of carboxylic acids is 1. The van der Waals surface area contributed by atoms with E-state index >= 15 is 0 Å². The molecular weight excluding hydrogens is 192 g/mol. The summed E-state index contributed by atoms with van der Waals surface area (Å²) in [5.41, 5.74) is 0. The highest BCUT2D eigenvalue weighted by Crippen LogP contribution is 2.24. The Bertz CT molecular complexity index is 241. The van der Waals surface area contributed by atoms with Crippen molar-refractivity contribution in [2.75, 3.05) is 20.1 Å². The predicted molar refractivity (Wildman–Crippen MR) is 57.8 cm³/mol. The van der Waals surface area contributed by atoms with Gasteiger partial charge in [-0.25, -0.2) is 0 Å². The van der Waals surface area contributed by atoms with Crippen LogP contribution in [-0.4, -0.2) is 48.2 Å². The molecule has 86 valence electrons. The zero-order valence-electron chi connectivity index (χ0n) is 9.28. The fourth-order valence-corrected chi connectivity index (χ4v) is 2.39. The Balaban J connectivity index is 1.92. The van der Waals surface area contributed by atoms with E-state index in [1.165, 1.54) is 0 Å². The summed E-state index contributed by atoms with van der Waals surface area (Å²) in [6.45, 7) is 2.02. The lowest BCUT2D eigenvalue weighted by Gasteiger charge is -2.33. The molecule has 2 aliphatic rings. The molecular formula is C11H20N2O2. The summed E-state index contributed by atoms with van der Waals surface area (Å²) in [7, 11) is 2.07. The fourth-order valence-electron chi connectivity index (χ4n) is 2.39. The molecule has 2 unspecified atom stereocenters. The van der Waals surface area contributed by atoms with Crippen LogP contribution in [0.1, 0.15) is 25.7 Å². The Morgan fingerprint density at radius 2 is 2.20 bits per heavy atom. The van der Waals surface area contributed by atoms with E-state index in [0.717, 1.165) is 38.8 Å². The van der Waals surface area contributed by atoms with E-state index in [0.29, 0.717) is 6.04 Å². The maximum atomic E-state index is 11.2. The lowest BCUT2D eigenvalue weighted by molar-refractivity contribution is -0.141. The summed E-state index contributed by atoms with van der Waals surface area (Å²) >= 11 is 0. The van der Waals surface area contributed by atoms with E-state index in [-0.39, 0.29) is 12.0 Å². The Hall–Kier alpha value is -0.610. The topological polar surface area (TPSA) is 52.6 Å². The van der Waals surface area contributed by atoms with E-state index < -0.39 is 5.97 Å². The molecule has 2 atom stereocenters. The number of nitrogens with zero attached hydrogens (tertiary/aromatic N) is 1. The molecule has 0 aromatic heterocycles. The van der Waals surface area contributed by atoms with E-state index in [1.807, 2.05) is 0 Å². The van der Waals surface area contributed by atoms with Gasteiger partial charge in [-0.2, -0.15) is 0 Å². The van der Waals surface area contributed by atoms with Gasteiger partial charge in [-0.3, -0.25) is 4.79 Å². The maximum Gasteiger partial charge on any atom is 0.321 e. The number of aliphatic carboxylic acids is 1. The zero-order chi connectivity index (χ0) is 10.8. The van der Waals surface area contributed by atoms with Gasteiger partial charge in [0.05, 0.1) is 0 Å². The first kappa shape index (κ1) is 10.9. The summed E-state index contributed by atoms with van der Waals surface area (Å²) in [6, 6.07) is 0.138. The third kappa shape index (κ3) is 2.92. The van der Waals surface area contributed by atoms with Crippen molar-refractivity contribution in [1.82, 2.24) is 10.2 Å². The SMILES string of the molecule is CN1CCCC(C(NC2CC2)C(=O)O)C1. The van der Waals surface area contributed by atoms with Gasteiger partial charge in [0.25, 0.3) is 0 Å². The van der Waals surface area contributed by atoms with E-state index in [1.54, 1.807) is 0 Å². The monoisotopic (exact) mass is 212 g/mol. The molecule has 0 bridgehead atoms. The lowest BCUT2D eigenvalue weighted by Crippen LogP contribution is -2.49. The molecule has 0 spiro atoms. The van der Waals surface area contributed by atoms with Gasteiger partial charge in [0.1, 0.15) is 6.04 Å². The first-order valence-electron chi connectivity index (χ1n) is 5.84. The Morgan fingerprint density at radius 3 is 2.73 bits per heavy atom. The molecule has 2 N–H and O–H groups in total. The molecule has 15 heavy (non-hydrogen) atoms. The summed E-state index contributed by atoms with van der Waals surface area (Å²) < 4.78 is 0. The molecule has 0 aromatic carbocycles. The largest absolute Gasteiger partial charge is 0.480 e. The van der Waals surface area contributed by atoms with Crippen LogP contribution in [0.15, 0.2) is 0 Å². The highest BCUT2D eigenvalue weighted by molar-refractivity contribution is 5.74. The molecule has 0 radical (unpaired) electrons. The molecule has 4 heteroatoms. The van der Waals surface area contributed by atoms with Crippen LogP contribution in [0.25, 0.3) is 0 Å². The maximum absolute atomic E-state index is 11.2. The number of hydrogen-bond acceptors (Lipinski definition) is 3. The van der Waals surface area contributed by atoms with Gasteiger partial charge >= 0.3 is 5.97 Å². The first-order valence-corrected chi connectivity index (χ1v) is 5.84. The molecule has 1 saturated carbocycles. The molecule has 1 aliphatic heterocycles. The second-order valence-corrected chi connectivity index (χ2v) is 4.92. The molecule has 1 saturated heterocycles. The standard InChI is InChI=1S/C11H20N2O2/c1-13-6-2-3-8(7-13)10(11(14)15)12-9-4-5-9/h8-10,12H,2-7H2,1H3,(H,14,15). The average Bonchev–Trinajstić information content (AvgIpc) is 2.97. The smallest absolute Gasteiger partial charge is 0.321 e. The van der Waals surface area contributed by atoms with Crippen molar-refractivity contribution in [2.45, 2.75) is 37.8 Å². The van der Waals surface area contributed by atoms with Crippen molar-refractivity contribution < 1.29 is 9.90 Å². The van der Waals surface area contributed by atoms with Gasteiger partial charge in [0, 0.05) is 12.6 Å². The van der Waals surface area contributed by atoms with Crippen LogP contribution in [0.3, 0.4) is 0 Å². The highest BCUT2D eigenvalue weighted by atomic mass is 16.4. The van der Waals surface area contributed by atoms with Gasteiger partial charge in [-0.05, 0) is 45.2 Å². The highest BCUT2D eigenvalue weighted by Gasteiger charge is 2.35. The van der Waals surface area contributed by atoms with Crippen LogP contribution in [-0.2, 0) is 4.79 Å². The Morgan fingerprint density at radius 1 is 1.47 bits per heavy atom. The van der Waals surface area contributed by atoms with Crippen LogP contribution in [0, 0.1) is 5.92 Å². The molecule has 4 nitrogen and oxygen atoms in total. The number of likely N-dealkylation sites (tertiary alicyclic amines) is 1. The van der Waals surface area contributed by atoms with Gasteiger partial charge < -0.3 is 15.3 Å². The zero-order valence-corrected chi connectivity index (χ0v) is 9.28. The summed E-state index contributed by atoms with van der Waals surface area (Å²) in [6.07, 6.45) is 4.46. The van der Waals surface area contributed by atoms with Crippen molar-refractivity contribution in [1.29, 1.82) is 0 Å². The number of nitrogens with one attached hydrogen (secondary N) is 1. The quantitative estimate of drug-likeness (QED) is 0.714. The Kier molecular flexibility index (Phi) is 3.26. The number of hydrogen-bond donors (Lipinski definition) is 2. The van der Waals surface area contributed by atoms with E-state index in [9.17, 15) is 9.90 Å².